The summed E-state index contributed by atoms with van der Waals surface area (Å²) in [6.45, 7) is 1.42. The van der Waals surface area contributed by atoms with Crippen LogP contribution in [0.25, 0.3) is 0 Å². The molecule has 0 aliphatic carbocycles. The fourth-order valence-electron chi connectivity index (χ4n) is 1.83. The molecule has 1 aromatic rings. The molecule has 1 aliphatic heterocycles. The Balaban J connectivity index is 2.06. The Morgan fingerprint density at radius 2 is 2.41 bits per heavy atom. The van der Waals surface area contributed by atoms with Gasteiger partial charge in [0.05, 0.1) is 11.0 Å². The maximum atomic E-state index is 10.9. The summed E-state index contributed by atoms with van der Waals surface area (Å²) in [5.74, 6) is 0. The molecule has 5 nitrogen and oxygen atoms in total. The Morgan fingerprint density at radius 3 is 3.06 bits per heavy atom. The number of nitro benzene ring substituents is 1. The van der Waals surface area contributed by atoms with E-state index in [0.29, 0.717) is 12.2 Å². The quantitative estimate of drug-likeness (QED) is 0.516. The minimum atomic E-state index is -0.361. The monoisotopic (exact) mass is 348 g/mol. The van der Waals surface area contributed by atoms with Gasteiger partial charge in [-0.15, -0.1) is 0 Å². The molecule has 1 fully saturated rings. The summed E-state index contributed by atoms with van der Waals surface area (Å²) in [4.78, 5) is 10.5. The lowest BCUT2D eigenvalue weighted by molar-refractivity contribution is -0.384. The SMILES string of the molecule is O=[N+]([O-])c1cc(I)ccc1NCC1CCCO1. The van der Waals surface area contributed by atoms with Gasteiger partial charge in [-0.1, -0.05) is 0 Å². The van der Waals surface area contributed by atoms with Crippen LogP contribution in [-0.4, -0.2) is 24.2 Å². The molecule has 1 N–H and O–H groups in total. The van der Waals surface area contributed by atoms with Gasteiger partial charge in [-0.2, -0.15) is 0 Å². The van der Waals surface area contributed by atoms with Crippen LogP contribution in [0.15, 0.2) is 18.2 Å². The highest BCUT2D eigenvalue weighted by Gasteiger charge is 2.18. The molecule has 2 rings (SSSR count). The summed E-state index contributed by atoms with van der Waals surface area (Å²) >= 11 is 2.07. The van der Waals surface area contributed by atoms with Crippen LogP contribution in [0.1, 0.15) is 12.8 Å². The lowest BCUT2D eigenvalue weighted by Crippen LogP contribution is -2.18. The van der Waals surface area contributed by atoms with Crippen molar-refractivity contribution < 1.29 is 9.66 Å². The van der Waals surface area contributed by atoms with E-state index >= 15 is 0 Å². The van der Waals surface area contributed by atoms with Crippen LogP contribution in [0.5, 0.6) is 0 Å². The van der Waals surface area contributed by atoms with Crippen LogP contribution >= 0.6 is 22.6 Å². The van der Waals surface area contributed by atoms with E-state index in [1.165, 1.54) is 0 Å². The number of halogens is 1. The van der Waals surface area contributed by atoms with E-state index in [4.69, 9.17) is 4.74 Å². The minimum Gasteiger partial charge on any atom is -0.377 e. The van der Waals surface area contributed by atoms with Crippen LogP contribution in [0.2, 0.25) is 0 Å². The maximum absolute atomic E-state index is 10.9. The van der Waals surface area contributed by atoms with Crippen molar-refractivity contribution in [2.45, 2.75) is 18.9 Å². The van der Waals surface area contributed by atoms with Gasteiger partial charge < -0.3 is 10.1 Å². The van der Waals surface area contributed by atoms with Crippen molar-refractivity contribution in [1.29, 1.82) is 0 Å². The highest BCUT2D eigenvalue weighted by Crippen LogP contribution is 2.26. The van der Waals surface area contributed by atoms with Crippen molar-refractivity contribution in [3.8, 4) is 0 Å². The van der Waals surface area contributed by atoms with Gasteiger partial charge in [0, 0.05) is 22.8 Å². The van der Waals surface area contributed by atoms with Gasteiger partial charge in [-0.25, -0.2) is 0 Å². The molecule has 0 bridgehead atoms. The van der Waals surface area contributed by atoms with Gasteiger partial charge >= 0.3 is 0 Å². The van der Waals surface area contributed by atoms with E-state index < -0.39 is 0 Å². The second-order valence-electron chi connectivity index (χ2n) is 3.93. The average Bonchev–Trinajstić information content (AvgIpc) is 2.80. The van der Waals surface area contributed by atoms with Crippen LogP contribution < -0.4 is 5.32 Å². The van der Waals surface area contributed by atoms with Crippen molar-refractivity contribution in [2.75, 3.05) is 18.5 Å². The normalized spacial score (nSPS) is 19.2. The molecule has 0 radical (unpaired) electrons. The molecule has 0 amide bonds. The zero-order chi connectivity index (χ0) is 12.3. The molecule has 1 saturated heterocycles. The number of rotatable bonds is 4. The third-order valence-electron chi connectivity index (χ3n) is 2.70. The van der Waals surface area contributed by atoms with E-state index in [1.807, 2.05) is 6.07 Å². The molecular weight excluding hydrogens is 335 g/mol. The summed E-state index contributed by atoms with van der Waals surface area (Å²) in [7, 11) is 0. The number of benzene rings is 1. The number of nitrogens with one attached hydrogen (secondary N) is 1. The van der Waals surface area contributed by atoms with Crippen LogP contribution in [-0.2, 0) is 4.74 Å². The molecule has 1 aliphatic rings. The van der Waals surface area contributed by atoms with Crippen molar-refractivity contribution in [2.24, 2.45) is 0 Å². The van der Waals surface area contributed by atoms with Gasteiger partial charge in [0.15, 0.2) is 0 Å². The van der Waals surface area contributed by atoms with Crippen molar-refractivity contribution in [3.05, 3.63) is 31.9 Å². The fourth-order valence-corrected chi connectivity index (χ4v) is 2.31. The average molecular weight is 348 g/mol. The molecule has 0 saturated carbocycles. The molecule has 6 heteroatoms. The molecule has 1 heterocycles. The van der Waals surface area contributed by atoms with Crippen molar-refractivity contribution in [3.63, 3.8) is 0 Å². The molecule has 1 unspecified atom stereocenters. The molecule has 92 valence electrons. The first-order valence-corrected chi connectivity index (χ1v) is 6.54. The number of nitrogens with zero attached hydrogens (tertiary/aromatic N) is 1. The van der Waals surface area contributed by atoms with E-state index in [0.717, 1.165) is 23.0 Å². The fraction of sp³-hybridized carbons (Fsp3) is 0.455. The Hall–Kier alpha value is -0.890. The molecule has 1 aromatic carbocycles. The summed E-state index contributed by atoms with van der Waals surface area (Å²) in [6, 6.07) is 5.17. The number of anilines is 1. The lowest BCUT2D eigenvalue weighted by Gasteiger charge is -2.12. The molecular formula is C11H13IN2O3. The van der Waals surface area contributed by atoms with E-state index in [2.05, 4.69) is 27.9 Å². The summed E-state index contributed by atoms with van der Waals surface area (Å²) in [5, 5.41) is 14.0. The highest BCUT2D eigenvalue weighted by atomic mass is 127. The second kappa shape index (κ2) is 5.63. The predicted octanol–water partition coefficient (Wildman–Crippen LogP) is 2.79. The van der Waals surface area contributed by atoms with Gasteiger partial charge in [0.2, 0.25) is 0 Å². The number of hydrogen-bond acceptors (Lipinski definition) is 4. The largest absolute Gasteiger partial charge is 0.377 e. The molecule has 1 atom stereocenters. The van der Waals surface area contributed by atoms with Gasteiger partial charge in [-0.05, 0) is 47.6 Å². The number of hydrogen-bond donors (Lipinski definition) is 1. The second-order valence-corrected chi connectivity index (χ2v) is 5.18. The summed E-state index contributed by atoms with van der Waals surface area (Å²) in [5.41, 5.74) is 0.681. The maximum Gasteiger partial charge on any atom is 0.293 e. The Labute approximate surface area is 113 Å². The van der Waals surface area contributed by atoms with Crippen LogP contribution in [0.3, 0.4) is 0 Å². The minimum absolute atomic E-state index is 0.120. The van der Waals surface area contributed by atoms with Crippen molar-refractivity contribution >= 4 is 34.0 Å². The first-order valence-electron chi connectivity index (χ1n) is 5.46. The Bertz CT molecular complexity index is 419. The van der Waals surface area contributed by atoms with Gasteiger partial charge in [-0.3, -0.25) is 10.1 Å². The third kappa shape index (κ3) is 3.29. The topological polar surface area (TPSA) is 64.4 Å². The number of nitro groups is 1. The zero-order valence-electron chi connectivity index (χ0n) is 9.19. The first-order chi connectivity index (χ1) is 8.16. The Morgan fingerprint density at radius 1 is 1.59 bits per heavy atom. The third-order valence-corrected chi connectivity index (χ3v) is 3.37. The Kier molecular flexibility index (Phi) is 4.16. The smallest absolute Gasteiger partial charge is 0.293 e. The van der Waals surface area contributed by atoms with E-state index in [9.17, 15) is 10.1 Å². The van der Waals surface area contributed by atoms with Gasteiger partial charge in [0.1, 0.15) is 5.69 Å². The van der Waals surface area contributed by atoms with E-state index in [-0.39, 0.29) is 16.7 Å². The first kappa shape index (κ1) is 12.6. The van der Waals surface area contributed by atoms with Gasteiger partial charge in [0.25, 0.3) is 5.69 Å². The van der Waals surface area contributed by atoms with Crippen LogP contribution in [0.4, 0.5) is 11.4 Å². The predicted molar refractivity (Wildman–Crippen MR) is 73.3 cm³/mol. The van der Waals surface area contributed by atoms with Crippen molar-refractivity contribution in [1.82, 2.24) is 0 Å². The number of ether oxygens (including phenoxy) is 1. The van der Waals surface area contributed by atoms with E-state index in [1.54, 1.807) is 12.1 Å². The standard InChI is InChI=1S/C11H13IN2O3/c12-8-3-4-10(11(6-8)14(15)16)13-7-9-2-1-5-17-9/h3-4,6,9,13H,1-2,5,7H2. The molecule has 0 spiro atoms. The summed E-state index contributed by atoms with van der Waals surface area (Å²) < 4.78 is 6.32. The van der Waals surface area contributed by atoms with Crippen LogP contribution in [0, 0.1) is 13.7 Å². The summed E-state index contributed by atoms with van der Waals surface area (Å²) in [6.07, 6.45) is 2.26. The lowest BCUT2D eigenvalue weighted by atomic mass is 10.2. The zero-order valence-corrected chi connectivity index (χ0v) is 11.3. The highest BCUT2D eigenvalue weighted by molar-refractivity contribution is 14.1. The molecule has 17 heavy (non-hydrogen) atoms. The molecule has 0 aromatic heterocycles.